The second-order valence-corrected chi connectivity index (χ2v) is 9.34. The topological polar surface area (TPSA) is 59.8 Å². The zero-order chi connectivity index (χ0) is 17.7. The molecular formula is C20H24N4OS. The Morgan fingerprint density at radius 3 is 2.31 bits per heavy atom. The highest BCUT2D eigenvalue weighted by Crippen LogP contribution is 2.56. The first-order chi connectivity index (χ1) is 12.7. The lowest BCUT2D eigenvalue weighted by Crippen LogP contribution is -2.49. The van der Waals surface area contributed by atoms with E-state index in [0.29, 0.717) is 11.8 Å². The summed E-state index contributed by atoms with van der Waals surface area (Å²) in [6, 6.07) is 8.05. The first kappa shape index (κ1) is 16.4. The van der Waals surface area contributed by atoms with Crippen molar-refractivity contribution in [2.45, 2.75) is 42.2 Å². The number of aromatic nitrogens is 3. The molecular weight excluding hydrogens is 344 g/mol. The van der Waals surface area contributed by atoms with Crippen LogP contribution >= 0.6 is 11.8 Å². The Balaban J connectivity index is 1.25. The Kier molecular flexibility index (Phi) is 4.03. The maximum Gasteiger partial charge on any atom is 0.228 e. The first-order valence-corrected chi connectivity index (χ1v) is 10.4. The predicted octanol–water partition coefficient (Wildman–Crippen LogP) is 3.98. The minimum Gasteiger partial charge on any atom is -0.326 e. The third kappa shape index (κ3) is 2.94. The van der Waals surface area contributed by atoms with Gasteiger partial charge in [-0.3, -0.25) is 4.79 Å². The van der Waals surface area contributed by atoms with Crippen molar-refractivity contribution in [2.24, 2.45) is 36.6 Å². The van der Waals surface area contributed by atoms with Crippen LogP contribution in [0, 0.1) is 29.6 Å². The van der Waals surface area contributed by atoms with Crippen LogP contribution in [-0.4, -0.2) is 20.7 Å². The summed E-state index contributed by atoms with van der Waals surface area (Å²) >= 11 is 1.57. The molecule has 6 heteroatoms. The number of aryl methyl sites for hydroxylation is 1. The SMILES string of the molecule is Cn1cnnc1Sc1ccc(NC(=O)C2C3CC4CC(C3)CC2C4)cc1. The Labute approximate surface area is 158 Å². The number of nitrogens with zero attached hydrogens (tertiary/aromatic N) is 3. The second kappa shape index (κ2) is 6.41. The molecule has 5 nitrogen and oxygen atoms in total. The van der Waals surface area contributed by atoms with E-state index in [1.54, 1.807) is 18.1 Å². The minimum atomic E-state index is 0.232. The van der Waals surface area contributed by atoms with Crippen LogP contribution in [0.2, 0.25) is 0 Å². The van der Waals surface area contributed by atoms with Crippen molar-refractivity contribution in [3.63, 3.8) is 0 Å². The van der Waals surface area contributed by atoms with Gasteiger partial charge in [0.2, 0.25) is 5.91 Å². The molecule has 4 bridgehead atoms. The van der Waals surface area contributed by atoms with Crippen molar-refractivity contribution in [1.29, 1.82) is 0 Å². The van der Waals surface area contributed by atoms with Gasteiger partial charge in [0.15, 0.2) is 5.16 Å². The largest absolute Gasteiger partial charge is 0.326 e. The van der Waals surface area contributed by atoms with Gasteiger partial charge in [-0.05, 0) is 91.8 Å². The Morgan fingerprint density at radius 1 is 1.08 bits per heavy atom. The average Bonchev–Trinajstić information content (AvgIpc) is 3.00. The van der Waals surface area contributed by atoms with Crippen LogP contribution in [0.15, 0.2) is 40.6 Å². The molecule has 0 radical (unpaired) electrons. The summed E-state index contributed by atoms with van der Waals surface area (Å²) in [7, 11) is 1.93. The van der Waals surface area contributed by atoms with Gasteiger partial charge in [0.25, 0.3) is 0 Å². The number of hydrogen-bond acceptors (Lipinski definition) is 4. The first-order valence-electron chi connectivity index (χ1n) is 9.58. The summed E-state index contributed by atoms with van der Waals surface area (Å²) in [6.07, 6.45) is 8.22. The van der Waals surface area contributed by atoms with Gasteiger partial charge in [0, 0.05) is 23.5 Å². The van der Waals surface area contributed by atoms with E-state index in [4.69, 9.17) is 0 Å². The summed E-state index contributed by atoms with van der Waals surface area (Å²) < 4.78 is 1.90. The molecule has 0 saturated heterocycles. The summed E-state index contributed by atoms with van der Waals surface area (Å²) in [5.74, 6) is 3.52. The summed E-state index contributed by atoms with van der Waals surface area (Å²) in [5, 5.41) is 12.0. The molecule has 4 fully saturated rings. The fourth-order valence-electron chi connectivity index (χ4n) is 5.66. The van der Waals surface area contributed by atoms with Gasteiger partial charge >= 0.3 is 0 Å². The van der Waals surface area contributed by atoms with E-state index >= 15 is 0 Å². The number of rotatable bonds is 4. The zero-order valence-corrected chi connectivity index (χ0v) is 15.8. The van der Waals surface area contributed by atoms with Gasteiger partial charge in [0.05, 0.1) is 0 Å². The smallest absolute Gasteiger partial charge is 0.228 e. The van der Waals surface area contributed by atoms with E-state index in [1.807, 2.05) is 35.9 Å². The van der Waals surface area contributed by atoms with Gasteiger partial charge in [-0.2, -0.15) is 0 Å². The fourth-order valence-corrected chi connectivity index (χ4v) is 6.42. The van der Waals surface area contributed by atoms with Gasteiger partial charge in [-0.1, -0.05) is 0 Å². The van der Waals surface area contributed by atoms with Crippen LogP contribution in [0.4, 0.5) is 5.69 Å². The van der Waals surface area contributed by atoms with Gasteiger partial charge < -0.3 is 9.88 Å². The molecule has 2 aromatic rings. The molecule has 0 spiro atoms. The number of carbonyl (C=O) groups excluding carboxylic acids is 1. The third-order valence-corrected chi connectivity index (χ3v) is 7.59. The highest BCUT2D eigenvalue weighted by molar-refractivity contribution is 7.99. The van der Waals surface area contributed by atoms with Crippen molar-refractivity contribution in [3.05, 3.63) is 30.6 Å². The second-order valence-electron chi connectivity index (χ2n) is 8.30. The fraction of sp³-hybridized carbons (Fsp3) is 0.550. The highest BCUT2D eigenvalue weighted by Gasteiger charge is 2.50. The Morgan fingerprint density at radius 2 is 1.73 bits per heavy atom. The van der Waals surface area contributed by atoms with E-state index in [9.17, 15) is 4.79 Å². The van der Waals surface area contributed by atoms with Crippen LogP contribution in [-0.2, 0) is 11.8 Å². The van der Waals surface area contributed by atoms with Crippen molar-refractivity contribution in [1.82, 2.24) is 14.8 Å². The molecule has 1 aromatic carbocycles. The Bertz CT molecular complexity index is 787. The number of nitrogens with one attached hydrogen (secondary N) is 1. The van der Waals surface area contributed by atoms with Crippen molar-refractivity contribution in [3.8, 4) is 0 Å². The maximum atomic E-state index is 13.0. The van der Waals surface area contributed by atoms with Gasteiger partial charge in [-0.15, -0.1) is 10.2 Å². The lowest BCUT2D eigenvalue weighted by atomic mass is 9.51. The molecule has 4 aliphatic rings. The van der Waals surface area contributed by atoms with Crippen LogP contribution in [0.25, 0.3) is 0 Å². The van der Waals surface area contributed by atoms with Crippen molar-refractivity contribution in [2.75, 3.05) is 5.32 Å². The molecule has 6 rings (SSSR count). The number of hydrogen-bond donors (Lipinski definition) is 1. The maximum absolute atomic E-state index is 13.0. The molecule has 4 saturated carbocycles. The van der Waals surface area contributed by atoms with Crippen LogP contribution in [0.3, 0.4) is 0 Å². The average molecular weight is 369 g/mol. The minimum absolute atomic E-state index is 0.232. The van der Waals surface area contributed by atoms with E-state index in [2.05, 4.69) is 15.5 Å². The van der Waals surface area contributed by atoms with Crippen LogP contribution in [0.5, 0.6) is 0 Å². The molecule has 0 aliphatic heterocycles. The van der Waals surface area contributed by atoms with Gasteiger partial charge in [0.1, 0.15) is 6.33 Å². The lowest BCUT2D eigenvalue weighted by Gasteiger charge is -2.53. The molecule has 136 valence electrons. The summed E-state index contributed by atoms with van der Waals surface area (Å²) in [5.41, 5.74) is 0.895. The summed E-state index contributed by atoms with van der Waals surface area (Å²) in [4.78, 5) is 14.0. The number of anilines is 1. The lowest BCUT2D eigenvalue weighted by molar-refractivity contribution is -0.132. The van der Waals surface area contributed by atoms with Crippen molar-refractivity contribution < 1.29 is 4.79 Å². The summed E-state index contributed by atoms with van der Waals surface area (Å²) in [6.45, 7) is 0. The molecule has 0 unspecified atom stereocenters. The van der Waals surface area contributed by atoms with Crippen LogP contribution < -0.4 is 5.32 Å². The van der Waals surface area contributed by atoms with Crippen LogP contribution in [0.1, 0.15) is 32.1 Å². The highest BCUT2D eigenvalue weighted by atomic mass is 32.2. The molecule has 1 heterocycles. The van der Waals surface area contributed by atoms with Gasteiger partial charge in [-0.25, -0.2) is 0 Å². The molecule has 1 N–H and O–H groups in total. The molecule has 0 atom stereocenters. The van der Waals surface area contributed by atoms with Crippen molar-refractivity contribution >= 4 is 23.4 Å². The third-order valence-electron chi connectivity index (χ3n) is 6.53. The standard InChI is InChI=1S/C20H24N4OS/c1-24-11-21-23-20(24)26-17-4-2-16(3-5-17)22-19(25)18-14-7-12-6-13(9-14)10-15(18)8-12/h2-5,11-15,18H,6-10H2,1H3,(H,22,25). The molecule has 4 aliphatic carbocycles. The quantitative estimate of drug-likeness (QED) is 0.887. The Hall–Kier alpha value is -1.82. The monoisotopic (exact) mass is 368 g/mol. The zero-order valence-electron chi connectivity index (χ0n) is 15.0. The normalized spacial score (nSPS) is 32.0. The van der Waals surface area contributed by atoms with E-state index in [-0.39, 0.29) is 11.8 Å². The molecule has 1 aromatic heterocycles. The number of benzene rings is 1. The molecule has 26 heavy (non-hydrogen) atoms. The van der Waals surface area contributed by atoms with E-state index < -0.39 is 0 Å². The van der Waals surface area contributed by atoms with E-state index in [1.165, 1.54) is 32.1 Å². The number of carbonyl (C=O) groups is 1. The predicted molar refractivity (Wildman–Crippen MR) is 101 cm³/mol. The number of amides is 1. The van der Waals surface area contributed by atoms with E-state index in [0.717, 1.165) is 27.6 Å². The molecule has 1 amide bonds.